The second kappa shape index (κ2) is 11.4. The number of anilines is 1. The molecule has 14 nitrogen and oxygen atoms in total. The Bertz CT molecular complexity index is 1130. The average Bonchev–Trinajstić information content (AvgIpc) is 2.72. The van der Waals surface area contributed by atoms with Gasteiger partial charge in [-0.1, -0.05) is 0 Å². The molecule has 176 valence electrons. The van der Waals surface area contributed by atoms with E-state index in [1.165, 1.54) is 31.3 Å². The molecule has 2 N–H and O–H groups in total. The van der Waals surface area contributed by atoms with E-state index in [4.69, 9.17) is 0 Å². The molecular formula is C16H20N4O10S2. The molecule has 0 aromatic heterocycles. The Labute approximate surface area is 183 Å². The summed E-state index contributed by atoms with van der Waals surface area (Å²) in [7, 11) is -5.82. The zero-order chi connectivity index (χ0) is 24.5. The Hall–Kier alpha value is -3.18. The number of benzene rings is 2. The Morgan fingerprint density at radius 3 is 1.72 bits per heavy atom. The molecule has 0 aliphatic heterocycles. The number of quaternary nitrogens is 1. The van der Waals surface area contributed by atoms with Crippen molar-refractivity contribution in [3.63, 3.8) is 0 Å². The lowest BCUT2D eigenvalue weighted by Crippen LogP contribution is -2.72. The van der Waals surface area contributed by atoms with E-state index in [0.717, 1.165) is 22.1 Å². The van der Waals surface area contributed by atoms with Crippen LogP contribution in [-0.2, 0) is 24.6 Å². The van der Waals surface area contributed by atoms with E-state index in [1.807, 2.05) is 12.4 Å². The van der Waals surface area contributed by atoms with Crippen LogP contribution >= 0.6 is 0 Å². The molecule has 16 heteroatoms. The van der Waals surface area contributed by atoms with Crippen molar-refractivity contribution in [3.05, 3.63) is 68.8 Å². The van der Waals surface area contributed by atoms with Crippen LogP contribution in [-0.4, -0.2) is 57.7 Å². The van der Waals surface area contributed by atoms with E-state index in [1.54, 1.807) is 12.1 Å². The quantitative estimate of drug-likeness (QED) is 0.166. The predicted octanol–water partition coefficient (Wildman–Crippen LogP) is 0.257. The van der Waals surface area contributed by atoms with Gasteiger partial charge in [0.15, 0.2) is 0 Å². The van der Waals surface area contributed by atoms with Gasteiger partial charge in [0.25, 0.3) is 11.4 Å². The smallest absolute Gasteiger partial charge is 0.269 e. The maximum atomic E-state index is 11.9. The SMILES string of the molecule is CN(c1ccc([N+](=O)[O-])cc1)S(=O)(=O)CCOS(=O)(=O)[O-].C[NH2+]c1ccc([N+](=O)[O-])cc1. The number of nitrogens with zero attached hydrogens (tertiary/aromatic N) is 3. The molecular weight excluding hydrogens is 472 g/mol. The summed E-state index contributed by atoms with van der Waals surface area (Å²) in [4.78, 5) is 19.6. The molecule has 2 rings (SSSR count). The fourth-order valence-corrected chi connectivity index (χ4v) is 3.52. The molecule has 32 heavy (non-hydrogen) atoms. The lowest BCUT2D eigenvalue weighted by Gasteiger charge is -2.19. The van der Waals surface area contributed by atoms with Crippen LogP contribution in [0.3, 0.4) is 0 Å². The molecule has 0 heterocycles. The highest BCUT2D eigenvalue weighted by Crippen LogP contribution is 2.20. The number of nitro benzene ring substituents is 2. The van der Waals surface area contributed by atoms with Gasteiger partial charge in [-0.25, -0.2) is 16.8 Å². The minimum atomic E-state index is -4.96. The summed E-state index contributed by atoms with van der Waals surface area (Å²) in [5, 5.41) is 22.6. The fourth-order valence-electron chi connectivity index (χ4n) is 2.11. The van der Waals surface area contributed by atoms with Crippen molar-refractivity contribution >= 4 is 43.2 Å². The molecule has 2 aromatic carbocycles. The van der Waals surface area contributed by atoms with E-state index < -0.39 is 42.6 Å². The van der Waals surface area contributed by atoms with Crippen molar-refractivity contribution in [1.29, 1.82) is 0 Å². The number of sulfonamides is 1. The van der Waals surface area contributed by atoms with Crippen LogP contribution in [0, 0.1) is 20.2 Å². The fraction of sp³-hybridized carbons (Fsp3) is 0.250. The van der Waals surface area contributed by atoms with E-state index in [2.05, 4.69) is 4.18 Å². The van der Waals surface area contributed by atoms with Gasteiger partial charge in [-0.2, -0.15) is 0 Å². The second-order valence-corrected chi connectivity index (χ2v) is 9.10. The maximum Gasteiger partial charge on any atom is 0.269 e. The summed E-state index contributed by atoms with van der Waals surface area (Å²) >= 11 is 0. The third-order valence-electron chi connectivity index (χ3n) is 3.85. The Kier molecular flexibility index (Phi) is 9.60. The standard InChI is InChI=1S/C9H12N2O8S2.C7H8N2O2/c1-10(8-2-4-9(5-3-8)11(12)13)20(14,15)7-6-19-21(16,17)18;1-8-6-2-4-7(5-3-6)9(10)11/h2-5H,6-7H2,1H3,(H,16,17,18);2-5,8H,1H3. The first-order valence-corrected chi connectivity index (χ1v) is 11.6. The molecule has 0 saturated carbocycles. The van der Waals surface area contributed by atoms with Crippen LogP contribution in [0.2, 0.25) is 0 Å². The van der Waals surface area contributed by atoms with E-state index in [0.29, 0.717) is 0 Å². The molecule has 0 saturated heterocycles. The first kappa shape index (κ1) is 26.9. The molecule has 0 unspecified atom stereocenters. The summed E-state index contributed by atoms with van der Waals surface area (Å²) in [5.74, 6) is -0.734. The summed E-state index contributed by atoms with van der Waals surface area (Å²) in [6.07, 6.45) is 0. The van der Waals surface area contributed by atoms with Crippen LogP contribution in [0.4, 0.5) is 22.7 Å². The molecule has 0 aliphatic rings. The van der Waals surface area contributed by atoms with Crippen LogP contribution in [0.25, 0.3) is 0 Å². The number of non-ortho nitro benzene ring substituents is 2. The van der Waals surface area contributed by atoms with Crippen LogP contribution in [0.5, 0.6) is 0 Å². The molecule has 0 amide bonds. The van der Waals surface area contributed by atoms with E-state index in [-0.39, 0.29) is 17.1 Å². The first-order chi connectivity index (χ1) is 14.8. The lowest BCUT2D eigenvalue weighted by molar-refractivity contribution is -0.539. The van der Waals surface area contributed by atoms with Crippen LogP contribution < -0.4 is 9.62 Å². The van der Waals surface area contributed by atoms with Crippen molar-refractivity contribution in [3.8, 4) is 0 Å². The van der Waals surface area contributed by atoms with E-state index in [9.17, 15) is 41.6 Å². The average molecular weight is 492 g/mol. The molecule has 0 radical (unpaired) electrons. The maximum absolute atomic E-state index is 11.9. The number of nitrogens with two attached hydrogens (primary N) is 1. The van der Waals surface area contributed by atoms with Gasteiger partial charge in [-0.05, 0) is 12.1 Å². The topological polar surface area (TPSA) is 207 Å². The van der Waals surface area contributed by atoms with Crippen molar-refractivity contribution in [2.45, 2.75) is 0 Å². The van der Waals surface area contributed by atoms with Crippen molar-refractivity contribution in [2.24, 2.45) is 0 Å². The van der Waals surface area contributed by atoms with Crippen LogP contribution in [0.1, 0.15) is 0 Å². The third-order valence-corrected chi connectivity index (χ3v) is 6.03. The van der Waals surface area contributed by atoms with Crippen molar-refractivity contribution < 1.29 is 40.7 Å². The summed E-state index contributed by atoms with van der Waals surface area (Å²) in [6, 6.07) is 11.1. The van der Waals surface area contributed by atoms with Gasteiger partial charge in [0.1, 0.15) is 5.69 Å². The van der Waals surface area contributed by atoms with Gasteiger partial charge >= 0.3 is 0 Å². The minimum Gasteiger partial charge on any atom is -0.726 e. The van der Waals surface area contributed by atoms with Crippen molar-refractivity contribution in [2.75, 3.05) is 30.8 Å². The van der Waals surface area contributed by atoms with Gasteiger partial charge in [0.2, 0.25) is 20.4 Å². The Morgan fingerprint density at radius 2 is 1.34 bits per heavy atom. The number of nitro groups is 2. The van der Waals surface area contributed by atoms with Gasteiger partial charge < -0.3 is 9.87 Å². The molecule has 2 aromatic rings. The highest BCUT2D eigenvalue weighted by atomic mass is 32.3. The van der Waals surface area contributed by atoms with Gasteiger partial charge in [-0.3, -0.25) is 28.7 Å². The normalized spacial score (nSPS) is 11.2. The molecule has 0 fully saturated rings. The predicted molar refractivity (Wildman–Crippen MR) is 112 cm³/mol. The summed E-state index contributed by atoms with van der Waals surface area (Å²) in [6.45, 7) is -0.814. The third kappa shape index (κ3) is 8.90. The molecule has 0 spiro atoms. The zero-order valence-electron chi connectivity index (χ0n) is 16.9. The highest BCUT2D eigenvalue weighted by molar-refractivity contribution is 7.92. The van der Waals surface area contributed by atoms with Gasteiger partial charge in [0, 0.05) is 43.4 Å². The van der Waals surface area contributed by atoms with E-state index >= 15 is 0 Å². The lowest BCUT2D eigenvalue weighted by atomic mass is 10.3. The molecule has 0 bridgehead atoms. The van der Waals surface area contributed by atoms with Crippen LogP contribution in [0.15, 0.2) is 48.5 Å². The Balaban J connectivity index is 0.000000389. The first-order valence-electron chi connectivity index (χ1n) is 8.62. The second-order valence-electron chi connectivity index (χ2n) is 5.92. The summed E-state index contributed by atoms with van der Waals surface area (Å²) in [5.41, 5.74) is 1.07. The van der Waals surface area contributed by atoms with Crippen molar-refractivity contribution in [1.82, 2.24) is 0 Å². The molecule has 0 aliphatic carbocycles. The monoisotopic (exact) mass is 492 g/mol. The summed E-state index contributed by atoms with van der Waals surface area (Å²) < 4.78 is 59.0. The number of hydrogen-bond acceptors (Lipinski definition) is 10. The number of hydrogen-bond donors (Lipinski definition) is 1. The van der Waals surface area contributed by atoms with Gasteiger partial charge in [-0.15, -0.1) is 0 Å². The highest BCUT2D eigenvalue weighted by Gasteiger charge is 2.19. The Morgan fingerprint density at radius 1 is 0.906 bits per heavy atom. The largest absolute Gasteiger partial charge is 0.726 e. The van der Waals surface area contributed by atoms with Gasteiger partial charge in [0.05, 0.1) is 34.9 Å². The number of rotatable bonds is 9. The molecule has 0 atom stereocenters. The zero-order valence-corrected chi connectivity index (χ0v) is 18.5. The minimum absolute atomic E-state index is 0.135.